The number of nitrogens with zero attached hydrogens (tertiary/aromatic N) is 3. The Morgan fingerprint density at radius 3 is 2.56 bits per heavy atom. The predicted octanol–water partition coefficient (Wildman–Crippen LogP) is 3.29. The minimum atomic E-state index is -0.158. The van der Waals surface area contributed by atoms with E-state index in [9.17, 15) is 9.59 Å². The number of aryl methyl sites for hydroxylation is 1. The van der Waals surface area contributed by atoms with Crippen LogP contribution in [0.25, 0.3) is 0 Å². The van der Waals surface area contributed by atoms with Crippen molar-refractivity contribution < 1.29 is 14.0 Å². The molecule has 1 fully saturated rings. The van der Waals surface area contributed by atoms with Crippen LogP contribution in [0.4, 0.5) is 0 Å². The number of hydrogen-bond acceptors (Lipinski definition) is 4. The first-order valence-corrected chi connectivity index (χ1v) is 9.44. The molecule has 2 amide bonds. The number of rotatable bonds is 4. The van der Waals surface area contributed by atoms with Crippen LogP contribution in [0.3, 0.4) is 0 Å². The van der Waals surface area contributed by atoms with Gasteiger partial charge in [0.1, 0.15) is 5.76 Å². The van der Waals surface area contributed by atoms with Gasteiger partial charge >= 0.3 is 0 Å². The highest BCUT2D eigenvalue weighted by molar-refractivity contribution is 6.31. The van der Waals surface area contributed by atoms with E-state index in [4.69, 9.17) is 16.0 Å². The summed E-state index contributed by atoms with van der Waals surface area (Å²) in [6.45, 7) is 3.05. The highest BCUT2D eigenvalue weighted by atomic mass is 35.5. The van der Waals surface area contributed by atoms with Crippen molar-refractivity contribution in [2.24, 2.45) is 0 Å². The molecule has 144 valence electrons. The lowest BCUT2D eigenvalue weighted by Gasteiger charge is -2.30. The van der Waals surface area contributed by atoms with Crippen LogP contribution in [0.15, 0.2) is 28.7 Å². The van der Waals surface area contributed by atoms with Crippen molar-refractivity contribution in [1.29, 1.82) is 0 Å². The van der Waals surface area contributed by atoms with Crippen molar-refractivity contribution in [2.45, 2.75) is 32.1 Å². The molecule has 7 heteroatoms. The van der Waals surface area contributed by atoms with Crippen LogP contribution in [0.1, 0.15) is 46.5 Å². The number of halogens is 1. The van der Waals surface area contributed by atoms with Gasteiger partial charge < -0.3 is 14.2 Å². The Labute approximate surface area is 164 Å². The Bertz CT molecular complexity index is 839. The van der Waals surface area contributed by atoms with Crippen molar-refractivity contribution in [2.75, 3.05) is 27.2 Å². The first-order valence-electron chi connectivity index (χ1n) is 9.07. The zero-order chi connectivity index (χ0) is 19.6. The molecule has 1 aromatic carbocycles. The fourth-order valence-electron chi connectivity index (χ4n) is 3.29. The molecular weight excluding hydrogens is 366 g/mol. The second-order valence-electron chi connectivity index (χ2n) is 7.08. The van der Waals surface area contributed by atoms with E-state index >= 15 is 0 Å². The maximum Gasteiger partial charge on any atom is 0.275 e. The molecule has 0 saturated carbocycles. The lowest BCUT2D eigenvalue weighted by atomic mass is 9.96. The standard InChI is InChI=1S/C20H24ClN3O3/c1-13-18(20(26)23(2)3)22-19(27-13)14-8-10-24(11-9-14)17(25)12-15-6-4-5-7-16(15)21/h4-7,14H,8-12H2,1-3H3. The first-order chi connectivity index (χ1) is 12.9. The van der Waals surface area contributed by atoms with Crippen LogP contribution in [0, 0.1) is 6.92 Å². The Kier molecular flexibility index (Phi) is 5.85. The Balaban J connectivity index is 1.60. The summed E-state index contributed by atoms with van der Waals surface area (Å²) in [6, 6.07) is 7.42. The average Bonchev–Trinajstić information content (AvgIpc) is 3.04. The second kappa shape index (κ2) is 8.13. The van der Waals surface area contributed by atoms with Gasteiger partial charge in [0.2, 0.25) is 5.91 Å². The van der Waals surface area contributed by atoms with Crippen LogP contribution in [-0.2, 0) is 11.2 Å². The summed E-state index contributed by atoms with van der Waals surface area (Å²) >= 11 is 6.15. The summed E-state index contributed by atoms with van der Waals surface area (Å²) in [7, 11) is 3.39. The zero-order valence-electron chi connectivity index (χ0n) is 15.9. The van der Waals surface area contributed by atoms with E-state index in [2.05, 4.69) is 4.98 Å². The fourth-order valence-corrected chi connectivity index (χ4v) is 3.50. The molecule has 2 aromatic rings. The molecule has 2 heterocycles. The van der Waals surface area contributed by atoms with Gasteiger partial charge in [-0.15, -0.1) is 0 Å². The molecule has 0 N–H and O–H groups in total. The Morgan fingerprint density at radius 1 is 1.26 bits per heavy atom. The smallest absolute Gasteiger partial charge is 0.275 e. The SMILES string of the molecule is Cc1oc(C2CCN(C(=O)Cc3ccccc3Cl)CC2)nc1C(=O)N(C)C. The number of aromatic nitrogens is 1. The summed E-state index contributed by atoms with van der Waals surface area (Å²) < 4.78 is 5.75. The monoisotopic (exact) mass is 389 g/mol. The molecule has 1 aromatic heterocycles. The average molecular weight is 390 g/mol. The number of carbonyl (C=O) groups excluding carboxylic acids is 2. The van der Waals surface area contributed by atoms with Crippen LogP contribution in [-0.4, -0.2) is 53.8 Å². The number of carbonyl (C=O) groups is 2. The quantitative estimate of drug-likeness (QED) is 0.804. The molecule has 1 aliphatic rings. The minimum absolute atomic E-state index is 0.0774. The van der Waals surface area contributed by atoms with Crippen molar-refractivity contribution in [3.8, 4) is 0 Å². The maximum absolute atomic E-state index is 12.6. The first kappa shape index (κ1) is 19.4. The van der Waals surface area contributed by atoms with E-state index in [1.807, 2.05) is 23.1 Å². The molecular formula is C20H24ClN3O3. The number of amides is 2. The van der Waals surface area contributed by atoms with Gasteiger partial charge in [0.25, 0.3) is 5.91 Å². The molecule has 0 atom stereocenters. The number of likely N-dealkylation sites (tertiary alicyclic amines) is 1. The highest BCUT2D eigenvalue weighted by Gasteiger charge is 2.29. The summed E-state index contributed by atoms with van der Waals surface area (Å²) in [4.78, 5) is 32.5. The van der Waals surface area contributed by atoms with Crippen LogP contribution in [0.2, 0.25) is 5.02 Å². The summed E-state index contributed by atoms with van der Waals surface area (Å²) in [5, 5.41) is 0.620. The molecule has 3 rings (SSSR count). The summed E-state index contributed by atoms with van der Waals surface area (Å²) in [5.74, 6) is 1.18. The number of oxazole rings is 1. The summed E-state index contributed by atoms with van der Waals surface area (Å²) in [5.41, 5.74) is 1.22. The van der Waals surface area contributed by atoms with Crippen LogP contribution in [0.5, 0.6) is 0 Å². The van der Waals surface area contributed by atoms with E-state index in [-0.39, 0.29) is 17.7 Å². The lowest BCUT2D eigenvalue weighted by Crippen LogP contribution is -2.38. The minimum Gasteiger partial charge on any atom is -0.445 e. The van der Waals surface area contributed by atoms with Gasteiger partial charge in [0.15, 0.2) is 11.6 Å². The van der Waals surface area contributed by atoms with Gasteiger partial charge in [0, 0.05) is 38.1 Å². The number of benzene rings is 1. The highest BCUT2D eigenvalue weighted by Crippen LogP contribution is 2.29. The molecule has 0 aliphatic carbocycles. The van der Waals surface area contributed by atoms with E-state index in [0.29, 0.717) is 41.9 Å². The van der Waals surface area contributed by atoms with Gasteiger partial charge in [-0.2, -0.15) is 0 Å². The third-order valence-electron chi connectivity index (χ3n) is 4.92. The van der Waals surface area contributed by atoms with Crippen molar-refractivity contribution in [3.05, 3.63) is 52.2 Å². The second-order valence-corrected chi connectivity index (χ2v) is 7.49. The number of piperidine rings is 1. The van der Waals surface area contributed by atoms with Gasteiger partial charge in [-0.1, -0.05) is 29.8 Å². The van der Waals surface area contributed by atoms with E-state index < -0.39 is 0 Å². The predicted molar refractivity (Wildman–Crippen MR) is 103 cm³/mol. The Morgan fingerprint density at radius 2 is 1.93 bits per heavy atom. The molecule has 0 unspecified atom stereocenters. The van der Waals surface area contributed by atoms with Gasteiger partial charge in [-0.3, -0.25) is 9.59 Å². The molecule has 0 radical (unpaired) electrons. The van der Waals surface area contributed by atoms with E-state index in [1.54, 1.807) is 27.1 Å². The molecule has 1 saturated heterocycles. The molecule has 27 heavy (non-hydrogen) atoms. The molecule has 0 spiro atoms. The van der Waals surface area contributed by atoms with E-state index in [1.165, 1.54) is 4.90 Å². The molecule has 0 bridgehead atoms. The lowest BCUT2D eigenvalue weighted by molar-refractivity contribution is -0.131. The largest absolute Gasteiger partial charge is 0.445 e. The Hall–Kier alpha value is -2.34. The van der Waals surface area contributed by atoms with Crippen molar-refractivity contribution >= 4 is 23.4 Å². The van der Waals surface area contributed by atoms with Crippen LogP contribution < -0.4 is 0 Å². The molecule has 6 nitrogen and oxygen atoms in total. The summed E-state index contributed by atoms with van der Waals surface area (Å²) in [6.07, 6.45) is 1.84. The van der Waals surface area contributed by atoms with Gasteiger partial charge in [-0.05, 0) is 31.4 Å². The van der Waals surface area contributed by atoms with Crippen molar-refractivity contribution in [3.63, 3.8) is 0 Å². The van der Waals surface area contributed by atoms with Crippen LogP contribution >= 0.6 is 11.6 Å². The normalized spacial score (nSPS) is 15.0. The topological polar surface area (TPSA) is 66.7 Å². The third-order valence-corrected chi connectivity index (χ3v) is 5.29. The zero-order valence-corrected chi connectivity index (χ0v) is 16.6. The number of hydrogen-bond donors (Lipinski definition) is 0. The third kappa shape index (κ3) is 4.33. The maximum atomic E-state index is 12.6. The van der Waals surface area contributed by atoms with Gasteiger partial charge in [0.05, 0.1) is 6.42 Å². The van der Waals surface area contributed by atoms with E-state index in [0.717, 1.165) is 18.4 Å². The van der Waals surface area contributed by atoms with Gasteiger partial charge in [-0.25, -0.2) is 4.98 Å². The molecule has 1 aliphatic heterocycles. The van der Waals surface area contributed by atoms with Crippen molar-refractivity contribution in [1.82, 2.24) is 14.8 Å². The fraction of sp³-hybridized carbons (Fsp3) is 0.450.